The fourth-order valence-electron chi connectivity index (χ4n) is 1.79. The predicted octanol–water partition coefficient (Wildman–Crippen LogP) is 1.79. The molecule has 0 fully saturated rings. The van der Waals surface area contributed by atoms with Crippen LogP contribution in [0.4, 0.5) is 0 Å². The van der Waals surface area contributed by atoms with Crippen LogP contribution in [0, 0.1) is 0 Å². The van der Waals surface area contributed by atoms with E-state index in [0.29, 0.717) is 0 Å². The molecule has 0 heterocycles. The Morgan fingerprint density at radius 1 is 1.06 bits per heavy atom. The summed E-state index contributed by atoms with van der Waals surface area (Å²) in [5.41, 5.74) is 1.13. The minimum Gasteiger partial charge on any atom is -0.497 e. The van der Waals surface area contributed by atoms with Crippen LogP contribution in [-0.4, -0.2) is 34.4 Å². The summed E-state index contributed by atoms with van der Waals surface area (Å²) in [6, 6.07) is 5.87. The topological polar surface area (TPSA) is 42.5 Å². The average molecular weight is 252 g/mol. The molecular formula is C14H24N2O2. The lowest BCUT2D eigenvalue weighted by Gasteiger charge is -2.11. The van der Waals surface area contributed by atoms with Gasteiger partial charge in [-0.3, -0.25) is 0 Å². The minimum absolute atomic E-state index is 0.805. The van der Waals surface area contributed by atoms with E-state index < -0.39 is 0 Å². The zero-order valence-electron chi connectivity index (χ0n) is 11.6. The Kier molecular flexibility index (Phi) is 7.22. The quantitative estimate of drug-likeness (QED) is 0.658. The molecule has 2 N–H and O–H groups in total. The van der Waals surface area contributed by atoms with Crippen molar-refractivity contribution in [1.82, 2.24) is 10.6 Å². The zero-order chi connectivity index (χ0) is 13.2. The molecule has 1 aromatic carbocycles. The van der Waals surface area contributed by atoms with Crippen molar-refractivity contribution in [3.63, 3.8) is 0 Å². The lowest BCUT2D eigenvalue weighted by Crippen LogP contribution is -2.17. The highest BCUT2D eigenvalue weighted by Crippen LogP contribution is 2.23. The van der Waals surface area contributed by atoms with E-state index in [0.717, 1.165) is 36.7 Å². The van der Waals surface area contributed by atoms with E-state index in [1.54, 1.807) is 14.2 Å². The van der Waals surface area contributed by atoms with Crippen molar-refractivity contribution in [2.45, 2.75) is 19.4 Å². The SMILES string of the molecule is CNCCCCNCc1cc(OC)ccc1OC. The predicted molar refractivity (Wildman–Crippen MR) is 74.4 cm³/mol. The molecule has 0 amide bonds. The summed E-state index contributed by atoms with van der Waals surface area (Å²) < 4.78 is 10.6. The van der Waals surface area contributed by atoms with Gasteiger partial charge in [-0.05, 0) is 51.2 Å². The van der Waals surface area contributed by atoms with Gasteiger partial charge in [-0.15, -0.1) is 0 Å². The van der Waals surface area contributed by atoms with Crippen LogP contribution in [0.25, 0.3) is 0 Å². The van der Waals surface area contributed by atoms with E-state index in [2.05, 4.69) is 10.6 Å². The Balaban J connectivity index is 2.39. The van der Waals surface area contributed by atoms with Gasteiger partial charge in [-0.25, -0.2) is 0 Å². The number of hydrogen-bond acceptors (Lipinski definition) is 4. The number of rotatable bonds is 9. The second-order valence-electron chi connectivity index (χ2n) is 4.17. The van der Waals surface area contributed by atoms with Crippen LogP contribution in [0.15, 0.2) is 18.2 Å². The van der Waals surface area contributed by atoms with Gasteiger partial charge < -0.3 is 20.1 Å². The lowest BCUT2D eigenvalue weighted by molar-refractivity contribution is 0.397. The smallest absolute Gasteiger partial charge is 0.123 e. The maximum atomic E-state index is 5.33. The molecule has 0 saturated carbocycles. The molecule has 1 rings (SSSR count). The van der Waals surface area contributed by atoms with Crippen LogP contribution in [0.1, 0.15) is 18.4 Å². The number of unbranched alkanes of at least 4 members (excludes halogenated alkanes) is 1. The summed E-state index contributed by atoms with van der Waals surface area (Å²) in [4.78, 5) is 0. The van der Waals surface area contributed by atoms with Gasteiger partial charge in [0.15, 0.2) is 0 Å². The molecule has 4 heteroatoms. The molecule has 18 heavy (non-hydrogen) atoms. The van der Waals surface area contributed by atoms with E-state index in [4.69, 9.17) is 9.47 Å². The summed E-state index contributed by atoms with van der Waals surface area (Å²) in [7, 11) is 5.35. The number of nitrogens with one attached hydrogen (secondary N) is 2. The molecule has 0 unspecified atom stereocenters. The molecule has 102 valence electrons. The van der Waals surface area contributed by atoms with Crippen LogP contribution < -0.4 is 20.1 Å². The maximum absolute atomic E-state index is 5.33. The third-order valence-electron chi connectivity index (χ3n) is 2.83. The van der Waals surface area contributed by atoms with Gasteiger partial charge in [0.1, 0.15) is 11.5 Å². The fourth-order valence-corrected chi connectivity index (χ4v) is 1.79. The standard InChI is InChI=1S/C14H24N2O2/c1-15-8-4-5-9-16-11-12-10-13(17-2)6-7-14(12)18-3/h6-7,10,15-16H,4-5,8-9,11H2,1-3H3. The van der Waals surface area contributed by atoms with Crippen molar-refractivity contribution in [2.24, 2.45) is 0 Å². The van der Waals surface area contributed by atoms with E-state index in [1.807, 2.05) is 25.2 Å². The molecular weight excluding hydrogens is 228 g/mol. The van der Waals surface area contributed by atoms with E-state index in [9.17, 15) is 0 Å². The summed E-state index contributed by atoms with van der Waals surface area (Å²) in [6.07, 6.45) is 2.37. The van der Waals surface area contributed by atoms with Crippen LogP contribution in [0.2, 0.25) is 0 Å². The molecule has 0 spiro atoms. The van der Waals surface area contributed by atoms with Gasteiger partial charge >= 0.3 is 0 Å². The van der Waals surface area contributed by atoms with Crippen LogP contribution >= 0.6 is 0 Å². The summed E-state index contributed by atoms with van der Waals surface area (Å²) in [5.74, 6) is 1.77. The Morgan fingerprint density at radius 2 is 1.83 bits per heavy atom. The molecule has 0 saturated heterocycles. The van der Waals surface area contributed by atoms with Crippen molar-refractivity contribution in [1.29, 1.82) is 0 Å². The van der Waals surface area contributed by atoms with Gasteiger partial charge in [0.2, 0.25) is 0 Å². The normalized spacial score (nSPS) is 10.4. The Bertz CT molecular complexity index is 343. The van der Waals surface area contributed by atoms with E-state index >= 15 is 0 Å². The van der Waals surface area contributed by atoms with Crippen molar-refractivity contribution >= 4 is 0 Å². The van der Waals surface area contributed by atoms with Crippen LogP contribution in [-0.2, 0) is 6.54 Å². The van der Waals surface area contributed by atoms with Gasteiger partial charge in [-0.1, -0.05) is 0 Å². The van der Waals surface area contributed by atoms with Crippen molar-refractivity contribution in [3.8, 4) is 11.5 Å². The van der Waals surface area contributed by atoms with Crippen LogP contribution in [0.3, 0.4) is 0 Å². The van der Waals surface area contributed by atoms with Crippen molar-refractivity contribution < 1.29 is 9.47 Å². The molecule has 0 aromatic heterocycles. The van der Waals surface area contributed by atoms with Gasteiger partial charge in [0.05, 0.1) is 14.2 Å². The first-order valence-corrected chi connectivity index (χ1v) is 6.38. The molecule has 1 aromatic rings. The molecule has 0 atom stereocenters. The highest BCUT2D eigenvalue weighted by atomic mass is 16.5. The highest BCUT2D eigenvalue weighted by Gasteiger charge is 2.04. The molecule has 0 aliphatic heterocycles. The maximum Gasteiger partial charge on any atom is 0.123 e. The molecule has 0 aliphatic carbocycles. The van der Waals surface area contributed by atoms with Crippen LogP contribution in [0.5, 0.6) is 11.5 Å². The Labute approximate surface area is 110 Å². The van der Waals surface area contributed by atoms with E-state index in [-0.39, 0.29) is 0 Å². The molecule has 4 nitrogen and oxygen atoms in total. The molecule has 0 bridgehead atoms. The summed E-state index contributed by atoms with van der Waals surface area (Å²) >= 11 is 0. The number of methoxy groups -OCH3 is 2. The average Bonchev–Trinajstić information content (AvgIpc) is 2.42. The summed E-state index contributed by atoms with van der Waals surface area (Å²) in [6.45, 7) is 2.89. The third-order valence-corrected chi connectivity index (χ3v) is 2.83. The monoisotopic (exact) mass is 252 g/mol. The Morgan fingerprint density at radius 3 is 2.50 bits per heavy atom. The largest absolute Gasteiger partial charge is 0.497 e. The van der Waals surface area contributed by atoms with Gasteiger partial charge in [0, 0.05) is 12.1 Å². The first-order valence-electron chi connectivity index (χ1n) is 6.38. The summed E-state index contributed by atoms with van der Waals surface area (Å²) in [5, 5.41) is 6.57. The van der Waals surface area contributed by atoms with E-state index in [1.165, 1.54) is 12.8 Å². The minimum atomic E-state index is 0.805. The first-order chi connectivity index (χ1) is 8.81. The second-order valence-corrected chi connectivity index (χ2v) is 4.17. The lowest BCUT2D eigenvalue weighted by atomic mass is 10.2. The molecule has 0 radical (unpaired) electrons. The van der Waals surface area contributed by atoms with Gasteiger partial charge in [-0.2, -0.15) is 0 Å². The van der Waals surface area contributed by atoms with Gasteiger partial charge in [0.25, 0.3) is 0 Å². The zero-order valence-corrected chi connectivity index (χ0v) is 11.6. The number of benzene rings is 1. The molecule has 0 aliphatic rings. The highest BCUT2D eigenvalue weighted by molar-refractivity contribution is 5.40. The first kappa shape index (κ1) is 14.8. The third kappa shape index (κ3) is 4.94. The second kappa shape index (κ2) is 8.78. The number of ether oxygens (including phenoxy) is 2. The Hall–Kier alpha value is -1.26. The van der Waals surface area contributed by atoms with Crippen molar-refractivity contribution in [3.05, 3.63) is 23.8 Å². The van der Waals surface area contributed by atoms with Crippen molar-refractivity contribution in [2.75, 3.05) is 34.4 Å². The number of hydrogen-bond donors (Lipinski definition) is 2. The fraction of sp³-hybridized carbons (Fsp3) is 0.571.